The number of aliphatic hydroxyl groups excluding tert-OH is 2. The van der Waals surface area contributed by atoms with Crippen LogP contribution in [-0.4, -0.2) is 40.4 Å². The topological polar surface area (TPSA) is 43.7 Å². The standard InChI is InChI=1S/C17H23NO2S/c1-2-17(12-20)9-14-5-6-16(17)18(14)10-15-8-13(11-21-15)4-3-7-19/h8,11,14,16,19-20H,2,5-7,9-10,12H2,1H3/t14-,16+,17-/m0/s1. The third-order valence-electron chi connectivity index (χ3n) is 5.31. The highest BCUT2D eigenvalue weighted by Gasteiger charge is 2.54. The van der Waals surface area contributed by atoms with Gasteiger partial charge in [-0.25, -0.2) is 0 Å². The zero-order chi connectivity index (χ0) is 14.9. The first-order valence-corrected chi connectivity index (χ1v) is 8.64. The van der Waals surface area contributed by atoms with Crippen molar-refractivity contribution in [1.29, 1.82) is 0 Å². The molecule has 21 heavy (non-hydrogen) atoms. The number of aliphatic hydroxyl groups is 2. The molecule has 3 nitrogen and oxygen atoms in total. The van der Waals surface area contributed by atoms with Crippen LogP contribution in [0.15, 0.2) is 11.4 Å². The molecule has 0 aromatic carbocycles. The van der Waals surface area contributed by atoms with Gasteiger partial charge in [0, 0.05) is 39.9 Å². The van der Waals surface area contributed by atoms with Crippen molar-refractivity contribution in [3.8, 4) is 11.8 Å². The molecule has 3 rings (SSSR count). The molecule has 2 N–H and O–H groups in total. The normalized spacial score (nSPS) is 31.4. The van der Waals surface area contributed by atoms with Gasteiger partial charge in [0.25, 0.3) is 0 Å². The molecule has 0 radical (unpaired) electrons. The highest BCUT2D eigenvalue weighted by atomic mass is 32.1. The molecule has 0 aliphatic carbocycles. The molecule has 2 aliphatic heterocycles. The molecule has 0 unspecified atom stereocenters. The Morgan fingerprint density at radius 3 is 2.95 bits per heavy atom. The maximum absolute atomic E-state index is 9.86. The summed E-state index contributed by atoms with van der Waals surface area (Å²) in [5.74, 6) is 5.67. The van der Waals surface area contributed by atoms with E-state index in [2.05, 4.69) is 35.1 Å². The van der Waals surface area contributed by atoms with Gasteiger partial charge in [-0.2, -0.15) is 0 Å². The van der Waals surface area contributed by atoms with Crippen molar-refractivity contribution < 1.29 is 10.2 Å². The van der Waals surface area contributed by atoms with Crippen molar-refractivity contribution >= 4 is 11.3 Å². The third kappa shape index (κ3) is 2.64. The molecule has 0 amide bonds. The second-order valence-corrected chi connectivity index (χ2v) is 7.25. The highest BCUT2D eigenvalue weighted by molar-refractivity contribution is 7.10. The van der Waals surface area contributed by atoms with E-state index in [0.717, 1.165) is 24.9 Å². The fourth-order valence-corrected chi connectivity index (χ4v) is 4.99. The first kappa shape index (κ1) is 15.1. The van der Waals surface area contributed by atoms with E-state index in [9.17, 15) is 5.11 Å². The van der Waals surface area contributed by atoms with Crippen LogP contribution in [0.2, 0.25) is 0 Å². The fourth-order valence-electron chi connectivity index (χ4n) is 4.17. The molecule has 2 aliphatic rings. The molecule has 3 atom stereocenters. The van der Waals surface area contributed by atoms with Gasteiger partial charge in [0.2, 0.25) is 0 Å². The van der Waals surface area contributed by atoms with Gasteiger partial charge in [0.1, 0.15) is 6.61 Å². The van der Waals surface area contributed by atoms with Crippen molar-refractivity contribution in [2.75, 3.05) is 13.2 Å². The molecule has 2 saturated heterocycles. The number of thiophene rings is 1. The Morgan fingerprint density at radius 1 is 1.43 bits per heavy atom. The van der Waals surface area contributed by atoms with Crippen LogP contribution in [-0.2, 0) is 6.54 Å². The molecule has 0 saturated carbocycles. The van der Waals surface area contributed by atoms with Crippen LogP contribution in [0.5, 0.6) is 0 Å². The van der Waals surface area contributed by atoms with E-state index in [1.165, 1.54) is 17.7 Å². The van der Waals surface area contributed by atoms with Crippen LogP contribution in [0.4, 0.5) is 0 Å². The van der Waals surface area contributed by atoms with Crippen LogP contribution in [0.1, 0.15) is 43.0 Å². The van der Waals surface area contributed by atoms with E-state index in [1.807, 2.05) is 0 Å². The molecule has 1 aromatic rings. The SMILES string of the molecule is CC[C@@]1(CO)C[C@@H]2CC[C@H]1N2Cc1cc(C#CCO)cs1. The van der Waals surface area contributed by atoms with Crippen LogP contribution < -0.4 is 0 Å². The zero-order valence-corrected chi connectivity index (χ0v) is 13.3. The number of hydrogen-bond donors (Lipinski definition) is 2. The van der Waals surface area contributed by atoms with Crippen molar-refractivity contribution in [2.24, 2.45) is 5.41 Å². The minimum absolute atomic E-state index is 0.0863. The van der Waals surface area contributed by atoms with E-state index in [1.54, 1.807) is 11.3 Å². The molecule has 0 spiro atoms. The summed E-state index contributed by atoms with van der Waals surface area (Å²) < 4.78 is 0. The van der Waals surface area contributed by atoms with Crippen LogP contribution >= 0.6 is 11.3 Å². The molecule has 4 heteroatoms. The second-order valence-electron chi connectivity index (χ2n) is 6.26. The molecule has 114 valence electrons. The number of nitrogens with zero attached hydrogens (tertiary/aromatic N) is 1. The van der Waals surface area contributed by atoms with Gasteiger partial charge in [-0.3, -0.25) is 4.90 Å². The smallest absolute Gasteiger partial charge is 0.104 e. The Kier molecular flexibility index (Phi) is 4.37. The Bertz CT molecular complexity index is 553. The molecule has 3 heterocycles. The maximum Gasteiger partial charge on any atom is 0.104 e. The predicted molar refractivity (Wildman–Crippen MR) is 85.1 cm³/mol. The third-order valence-corrected chi connectivity index (χ3v) is 6.24. The Morgan fingerprint density at radius 2 is 2.29 bits per heavy atom. The number of fused-ring (bicyclic) bond motifs is 2. The van der Waals surface area contributed by atoms with Crippen LogP contribution in [0.3, 0.4) is 0 Å². The van der Waals surface area contributed by atoms with Crippen LogP contribution in [0, 0.1) is 17.3 Å². The summed E-state index contributed by atoms with van der Waals surface area (Å²) in [6.45, 7) is 3.42. The van der Waals surface area contributed by atoms with Gasteiger partial charge in [0.05, 0.1) is 6.61 Å². The van der Waals surface area contributed by atoms with E-state index >= 15 is 0 Å². The molecule has 2 fully saturated rings. The van der Waals surface area contributed by atoms with Gasteiger partial charge in [-0.05, 0) is 31.7 Å². The zero-order valence-electron chi connectivity index (χ0n) is 12.5. The van der Waals surface area contributed by atoms with Crippen molar-refractivity contribution in [3.05, 3.63) is 21.9 Å². The summed E-state index contributed by atoms with van der Waals surface area (Å²) in [6.07, 6.45) is 4.71. The van der Waals surface area contributed by atoms with Gasteiger partial charge >= 0.3 is 0 Å². The molecule has 1 aromatic heterocycles. The van der Waals surface area contributed by atoms with Crippen LogP contribution in [0.25, 0.3) is 0 Å². The lowest BCUT2D eigenvalue weighted by molar-refractivity contribution is 0.0716. The van der Waals surface area contributed by atoms with Gasteiger partial charge in [-0.15, -0.1) is 11.3 Å². The molecular weight excluding hydrogens is 282 g/mol. The van der Waals surface area contributed by atoms with Crippen molar-refractivity contribution in [2.45, 2.75) is 51.2 Å². The highest BCUT2D eigenvalue weighted by Crippen LogP contribution is 2.52. The van der Waals surface area contributed by atoms with E-state index in [4.69, 9.17) is 5.11 Å². The van der Waals surface area contributed by atoms with Gasteiger partial charge < -0.3 is 10.2 Å². The summed E-state index contributed by atoms with van der Waals surface area (Å²) in [6, 6.07) is 3.31. The van der Waals surface area contributed by atoms with E-state index < -0.39 is 0 Å². The summed E-state index contributed by atoms with van der Waals surface area (Å²) in [4.78, 5) is 3.94. The summed E-state index contributed by atoms with van der Waals surface area (Å²) >= 11 is 1.75. The first-order valence-electron chi connectivity index (χ1n) is 7.76. The first-order chi connectivity index (χ1) is 10.2. The molecular formula is C17H23NO2S. The lowest BCUT2D eigenvalue weighted by Gasteiger charge is -2.35. The summed E-state index contributed by atoms with van der Waals surface area (Å²) in [5.41, 5.74) is 1.12. The van der Waals surface area contributed by atoms with E-state index in [0.29, 0.717) is 18.7 Å². The lowest BCUT2D eigenvalue weighted by atomic mass is 9.72. The molecule has 2 bridgehead atoms. The quantitative estimate of drug-likeness (QED) is 0.838. The average molecular weight is 305 g/mol. The lowest BCUT2D eigenvalue weighted by Crippen LogP contribution is -2.39. The van der Waals surface area contributed by atoms with E-state index in [-0.39, 0.29) is 12.0 Å². The Labute approximate surface area is 130 Å². The minimum Gasteiger partial charge on any atom is -0.396 e. The predicted octanol–water partition coefficient (Wildman–Crippen LogP) is 2.22. The number of rotatable bonds is 4. The Balaban J connectivity index is 1.73. The van der Waals surface area contributed by atoms with Crippen molar-refractivity contribution in [3.63, 3.8) is 0 Å². The fraction of sp³-hybridized carbons (Fsp3) is 0.647. The summed E-state index contributed by atoms with van der Waals surface area (Å²) in [7, 11) is 0. The average Bonchev–Trinajstić information content (AvgIpc) is 3.20. The maximum atomic E-state index is 9.86. The van der Waals surface area contributed by atoms with Gasteiger partial charge in [0.15, 0.2) is 0 Å². The van der Waals surface area contributed by atoms with Gasteiger partial charge in [-0.1, -0.05) is 18.8 Å². The largest absolute Gasteiger partial charge is 0.396 e. The summed E-state index contributed by atoms with van der Waals surface area (Å²) in [5, 5.41) is 20.7. The minimum atomic E-state index is -0.0863. The monoisotopic (exact) mass is 305 g/mol. The Hall–Kier alpha value is -0.860. The van der Waals surface area contributed by atoms with Crippen molar-refractivity contribution in [1.82, 2.24) is 4.90 Å². The second kappa shape index (κ2) is 6.10. The number of hydrogen-bond acceptors (Lipinski definition) is 4.